The normalized spacial score (nSPS) is 11.0. The van der Waals surface area contributed by atoms with Crippen LogP contribution in [0.4, 0.5) is 0 Å². The van der Waals surface area contributed by atoms with E-state index in [4.69, 9.17) is 0 Å². The van der Waals surface area contributed by atoms with Crippen molar-refractivity contribution < 1.29 is 0 Å². The third kappa shape index (κ3) is 11.1. The second-order valence-electron chi connectivity index (χ2n) is 4.21. The molecule has 0 amide bonds. The minimum absolute atomic E-state index is 0.776. The maximum atomic E-state index is 4.02. The summed E-state index contributed by atoms with van der Waals surface area (Å²) >= 11 is 0. The maximum Gasteiger partial charge on any atom is 0.0600 e. The highest BCUT2D eigenvalue weighted by Crippen LogP contribution is 2.13. The average Bonchev–Trinajstić information content (AvgIpc) is 2.39. The fourth-order valence-corrected chi connectivity index (χ4v) is 1.16. The summed E-state index contributed by atoms with van der Waals surface area (Å²) in [4.78, 5) is 2.05. The van der Waals surface area contributed by atoms with Gasteiger partial charge in [-0.2, -0.15) is 0 Å². The first kappa shape index (κ1) is 19.6. The fraction of sp³-hybridized carbons (Fsp3) is 0.333. The maximum absolute atomic E-state index is 4.02. The van der Waals surface area contributed by atoms with Gasteiger partial charge in [-0.3, -0.25) is 4.90 Å². The van der Waals surface area contributed by atoms with Crippen LogP contribution in [0.1, 0.15) is 20.3 Å². The Hall–Kier alpha value is -1.78. The van der Waals surface area contributed by atoms with Gasteiger partial charge in [0, 0.05) is 5.57 Å². The van der Waals surface area contributed by atoms with E-state index >= 15 is 0 Å². The van der Waals surface area contributed by atoms with Gasteiger partial charge >= 0.3 is 0 Å². The van der Waals surface area contributed by atoms with Gasteiger partial charge in [-0.1, -0.05) is 30.6 Å². The number of rotatable bonds is 5. The van der Waals surface area contributed by atoms with Gasteiger partial charge in [-0.05, 0) is 51.6 Å². The van der Waals surface area contributed by atoms with Crippen molar-refractivity contribution in [2.45, 2.75) is 20.3 Å². The van der Waals surface area contributed by atoms with E-state index in [0.717, 1.165) is 29.7 Å². The largest absolute Gasteiger partial charge is 0.299 e. The molecule has 19 heavy (non-hydrogen) atoms. The van der Waals surface area contributed by atoms with Crippen LogP contribution < -0.4 is 0 Å². The van der Waals surface area contributed by atoms with Crippen LogP contribution in [0.5, 0.6) is 0 Å². The van der Waals surface area contributed by atoms with Crippen molar-refractivity contribution in [3.05, 3.63) is 61.3 Å². The summed E-state index contributed by atoms with van der Waals surface area (Å²) in [6, 6.07) is 0. The average molecular weight is 257 g/mol. The molecule has 0 aliphatic heterocycles. The van der Waals surface area contributed by atoms with Gasteiger partial charge in [0.05, 0.1) is 6.54 Å². The summed E-state index contributed by atoms with van der Waals surface area (Å²) in [7, 11) is 4.02. The zero-order valence-corrected chi connectivity index (χ0v) is 12.9. The third-order valence-electron chi connectivity index (χ3n) is 2.26. The minimum Gasteiger partial charge on any atom is -0.299 e. The highest BCUT2D eigenvalue weighted by Gasteiger charge is 1.95. The van der Waals surface area contributed by atoms with Crippen LogP contribution in [0.15, 0.2) is 61.3 Å². The molecule has 0 N–H and O–H groups in total. The molecule has 0 saturated carbocycles. The van der Waals surface area contributed by atoms with Gasteiger partial charge in [-0.15, -0.1) is 19.7 Å². The van der Waals surface area contributed by atoms with E-state index in [1.807, 2.05) is 38.1 Å². The summed E-state index contributed by atoms with van der Waals surface area (Å²) in [5, 5.41) is 0. The molecule has 0 fully saturated rings. The molecule has 1 heteroatoms. The summed E-state index contributed by atoms with van der Waals surface area (Å²) in [5.74, 6) is 6.28. The lowest BCUT2D eigenvalue weighted by Gasteiger charge is -2.03. The van der Waals surface area contributed by atoms with Crippen molar-refractivity contribution in [2.75, 3.05) is 20.6 Å². The van der Waals surface area contributed by atoms with Crippen molar-refractivity contribution in [3.63, 3.8) is 0 Å². The standard InChI is InChI=1S/C16H23N.C2H4/c1-7-10-14(3)15(4)13-16(8-2)11-9-12-17(5)6;1-2/h7-8,13H,1,3,10,12H2,2,4-6H3;1-2H2/b15-13+,16-8-;. The highest BCUT2D eigenvalue weighted by atomic mass is 15.0. The van der Waals surface area contributed by atoms with Crippen LogP contribution in [0.25, 0.3) is 0 Å². The molecule has 0 saturated heterocycles. The molecule has 0 aromatic rings. The lowest BCUT2D eigenvalue weighted by atomic mass is 10.0. The van der Waals surface area contributed by atoms with Crippen LogP contribution >= 0.6 is 0 Å². The van der Waals surface area contributed by atoms with Crippen LogP contribution in [-0.4, -0.2) is 25.5 Å². The van der Waals surface area contributed by atoms with Crippen LogP contribution in [0.3, 0.4) is 0 Å². The monoisotopic (exact) mass is 257 g/mol. The lowest BCUT2D eigenvalue weighted by Crippen LogP contribution is -2.10. The Balaban J connectivity index is 0. The van der Waals surface area contributed by atoms with Gasteiger partial charge in [0.25, 0.3) is 0 Å². The van der Waals surface area contributed by atoms with E-state index in [1.54, 1.807) is 0 Å². The van der Waals surface area contributed by atoms with Gasteiger partial charge < -0.3 is 0 Å². The first-order chi connectivity index (χ1) is 9.01. The zero-order chi connectivity index (χ0) is 15.3. The molecule has 0 heterocycles. The van der Waals surface area contributed by atoms with Crippen LogP contribution in [-0.2, 0) is 0 Å². The highest BCUT2D eigenvalue weighted by molar-refractivity contribution is 5.44. The second-order valence-corrected chi connectivity index (χ2v) is 4.21. The van der Waals surface area contributed by atoms with E-state index in [1.165, 1.54) is 0 Å². The number of hydrogen-bond acceptors (Lipinski definition) is 1. The number of allylic oxidation sites excluding steroid dienone is 6. The molecular weight excluding hydrogens is 230 g/mol. The molecular formula is C18H27N. The Labute approximate surface area is 119 Å². The van der Waals surface area contributed by atoms with Crippen LogP contribution in [0, 0.1) is 11.8 Å². The quantitative estimate of drug-likeness (QED) is 0.401. The first-order valence-corrected chi connectivity index (χ1v) is 6.28. The Kier molecular flexibility index (Phi) is 13.0. The molecule has 0 radical (unpaired) electrons. The third-order valence-corrected chi connectivity index (χ3v) is 2.26. The smallest absolute Gasteiger partial charge is 0.0600 e. The molecule has 0 atom stereocenters. The van der Waals surface area contributed by atoms with Crippen molar-refractivity contribution >= 4 is 0 Å². The van der Waals surface area contributed by atoms with Crippen molar-refractivity contribution in [2.24, 2.45) is 0 Å². The minimum atomic E-state index is 0.776. The fourth-order valence-electron chi connectivity index (χ4n) is 1.16. The summed E-state index contributed by atoms with van der Waals surface area (Å²) < 4.78 is 0. The van der Waals surface area contributed by atoms with E-state index in [-0.39, 0.29) is 0 Å². The Morgan fingerprint density at radius 1 is 1.26 bits per heavy atom. The predicted octanol–water partition coefficient (Wildman–Crippen LogP) is 4.38. The second kappa shape index (κ2) is 12.7. The molecule has 104 valence electrons. The molecule has 0 aromatic heterocycles. The van der Waals surface area contributed by atoms with Crippen LogP contribution in [0.2, 0.25) is 0 Å². The van der Waals surface area contributed by atoms with E-state index in [0.29, 0.717) is 0 Å². The van der Waals surface area contributed by atoms with Gasteiger partial charge in [-0.25, -0.2) is 0 Å². The summed E-state index contributed by atoms with van der Waals surface area (Å²) in [6.45, 7) is 18.6. The first-order valence-electron chi connectivity index (χ1n) is 6.28. The summed E-state index contributed by atoms with van der Waals surface area (Å²) in [6.07, 6.45) is 6.79. The molecule has 1 nitrogen and oxygen atoms in total. The van der Waals surface area contributed by atoms with E-state index in [2.05, 4.69) is 51.2 Å². The van der Waals surface area contributed by atoms with E-state index < -0.39 is 0 Å². The van der Waals surface area contributed by atoms with E-state index in [9.17, 15) is 0 Å². The molecule has 0 spiro atoms. The topological polar surface area (TPSA) is 3.24 Å². The van der Waals surface area contributed by atoms with Gasteiger partial charge in [0.2, 0.25) is 0 Å². The molecule has 0 aliphatic rings. The molecule has 0 rings (SSSR count). The van der Waals surface area contributed by atoms with Crippen molar-refractivity contribution in [1.29, 1.82) is 0 Å². The van der Waals surface area contributed by atoms with Crippen molar-refractivity contribution in [3.8, 4) is 11.8 Å². The Bertz CT molecular complexity index is 397. The molecule has 0 aromatic carbocycles. The number of nitrogens with zero attached hydrogens (tertiary/aromatic N) is 1. The summed E-state index contributed by atoms with van der Waals surface area (Å²) in [5.41, 5.74) is 3.29. The zero-order valence-electron chi connectivity index (χ0n) is 12.9. The Morgan fingerprint density at radius 2 is 1.84 bits per heavy atom. The Morgan fingerprint density at radius 3 is 2.26 bits per heavy atom. The van der Waals surface area contributed by atoms with Gasteiger partial charge in [0.1, 0.15) is 0 Å². The molecule has 0 aliphatic carbocycles. The van der Waals surface area contributed by atoms with Gasteiger partial charge in [0.15, 0.2) is 0 Å². The predicted molar refractivity (Wildman–Crippen MR) is 89.1 cm³/mol. The molecule has 0 bridgehead atoms. The lowest BCUT2D eigenvalue weighted by molar-refractivity contribution is 0.464. The van der Waals surface area contributed by atoms with Crippen molar-refractivity contribution in [1.82, 2.24) is 4.90 Å². The number of hydrogen-bond donors (Lipinski definition) is 0. The molecule has 0 unspecified atom stereocenters. The SMILES string of the molecule is C=C.C=CCC(=C)/C(C)=C/C(C#CCN(C)C)=C\C.